The molecule has 70 heavy (non-hydrogen) atoms. The molecule has 0 bridgehead atoms. The molecule has 362 valence electrons. The number of methoxy groups -OCH3 is 1. The Kier molecular flexibility index (Phi) is 13.6. The molecule has 0 radical (unpaired) electrons. The van der Waals surface area contributed by atoms with Gasteiger partial charge in [-0.2, -0.15) is 33.5 Å². The zero-order valence-corrected chi connectivity index (χ0v) is 40.1. The van der Waals surface area contributed by atoms with E-state index in [1.54, 1.807) is 34.9 Å². The van der Waals surface area contributed by atoms with Crippen LogP contribution >= 0.6 is 19.2 Å². The van der Waals surface area contributed by atoms with Crippen LogP contribution in [0.25, 0.3) is 28.1 Å². The van der Waals surface area contributed by atoms with Gasteiger partial charge in [-0.05, 0) is 116 Å². The summed E-state index contributed by atoms with van der Waals surface area (Å²) in [7, 11) is -18.7. The minimum atomic E-state index is -5.25. The van der Waals surface area contributed by atoms with Crippen LogP contribution in [0.3, 0.4) is 0 Å². The van der Waals surface area contributed by atoms with E-state index in [-0.39, 0.29) is 63.3 Å². The van der Waals surface area contributed by atoms with Crippen LogP contribution in [0.2, 0.25) is 5.28 Å². The highest BCUT2D eigenvalue weighted by molar-refractivity contribution is 7.93. The van der Waals surface area contributed by atoms with Gasteiger partial charge in [0, 0.05) is 48.0 Å². The number of hydrogen-bond donors (Lipinski definition) is 3. The van der Waals surface area contributed by atoms with E-state index in [0.717, 1.165) is 18.2 Å². The summed E-state index contributed by atoms with van der Waals surface area (Å²) in [6.07, 6.45) is 3.58. The average molecular weight is 1050 g/mol. The van der Waals surface area contributed by atoms with E-state index in [1.807, 2.05) is 11.8 Å². The first-order valence-corrected chi connectivity index (χ1v) is 26.3. The lowest BCUT2D eigenvalue weighted by Gasteiger charge is -2.30. The van der Waals surface area contributed by atoms with Crippen LogP contribution in [0.5, 0.6) is 5.75 Å². The lowest BCUT2D eigenvalue weighted by atomic mass is 10.1. The van der Waals surface area contributed by atoms with Crippen molar-refractivity contribution in [3.05, 3.63) is 143 Å². The molecule has 2 heterocycles. The number of benzene rings is 5. The number of anilines is 4. The number of ether oxygens (including phenoxy) is 1. The van der Waals surface area contributed by atoms with Crippen LogP contribution in [0.1, 0.15) is 12.5 Å². The van der Waals surface area contributed by atoms with E-state index in [2.05, 4.69) is 30.3 Å². The molecule has 5 aromatic rings. The number of aromatic nitrogens is 5. The number of halogens is 1. The third-order valence-electron chi connectivity index (χ3n) is 10.4. The zero-order valence-electron chi connectivity index (χ0n) is 36.0. The van der Waals surface area contributed by atoms with Crippen molar-refractivity contribution < 1.29 is 58.3 Å². The zero-order chi connectivity index (χ0) is 50.3. The summed E-state index contributed by atoms with van der Waals surface area (Å²) in [5, 5.41) is 4.70. The van der Waals surface area contributed by atoms with Crippen molar-refractivity contribution in [2.75, 3.05) is 29.2 Å². The molecule has 0 saturated carbocycles. The molecule has 0 fully saturated rings. The van der Waals surface area contributed by atoms with Crippen molar-refractivity contribution in [1.82, 2.24) is 29.2 Å². The van der Waals surface area contributed by atoms with Crippen molar-refractivity contribution in [3.8, 4) is 22.8 Å². The van der Waals surface area contributed by atoms with Gasteiger partial charge in [0.15, 0.2) is 0 Å². The topological polar surface area (TPSA) is 345 Å². The smallest absolute Gasteiger partial charge is 0.341 e. The summed E-state index contributed by atoms with van der Waals surface area (Å²) in [5.74, 6) is -0.595. The van der Waals surface area contributed by atoms with Gasteiger partial charge in [-0.25, -0.2) is 13.4 Å². The van der Waals surface area contributed by atoms with Gasteiger partial charge in [0.1, 0.15) is 20.8 Å². The van der Waals surface area contributed by atoms with Gasteiger partial charge in [-0.15, -0.1) is 0 Å². The van der Waals surface area contributed by atoms with Crippen LogP contribution in [0.4, 0.5) is 23.3 Å². The Labute approximate surface area is 403 Å². The number of rotatable bonds is 13. The predicted octanol–water partition coefficient (Wildman–Crippen LogP) is 2.13. The summed E-state index contributed by atoms with van der Waals surface area (Å²) < 4.78 is 132. The fourth-order valence-electron chi connectivity index (χ4n) is 7.28. The van der Waals surface area contributed by atoms with Gasteiger partial charge in [0.05, 0.1) is 45.4 Å². The van der Waals surface area contributed by atoms with Crippen molar-refractivity contribution in [3.63, 3.8) is 0 Å². The second-order valence-electron chi connectivity index (χ2n) is 15.0. The Balaban J connectivity index is 1.24. The summed E-state index contributed by atoms with van der Waals surface area (Å²) in [6.45, 7) is 2.42. The molecule has 27 heteroatoms. The van der Waals surface area contributed by atoms with Gasteiger partial charge in [-0.3, -0.25) is 8.76 Å². The van der Waals surface area contributed by atoms with Crippen molar-refractivity contribution in [2.24, 2.45) is 0 Å². The molecule has 0 spiro atoms. The molecule has 22 nitrogen and oxygen atoms in total. The molecule has 1 aromatic heterocycles. The summed E-state index contributed by atoms with van der Waals surface area (Å²) in [5.41, 5.74) is 2.55. The van der Waals surface area contributed by atoms with Crippen LogP contribution in [0.15, 0.2) is 137 Å². The normalized spacial score (nSPS) is 13.3. The molecule has 4 aromatic carbocycles. The molecular formula is C43H33ClN9O13PS3-4. The molecule has 0 saturated heterocycles. The Hall–Kier alpha value is -6.83. The van der Waals surface area contributed by atoms with Gasteiger partial charge in [0.25, 0.3) is 10.1 Å². The first-order chi connectivity index (χ1) is 33.0. The number of fused-ring (bicyclic) bond motifs is 2. The minimum absolute atomic E-state index is 0.0107. The Morgan fingerprint density at radius 1 is 0.843 bits per heavy atom. The number of hydrogen-bond acceptors (Lipinski definition) is 19. The maximum absolute atomic E-state index is 12.8. The third-order valence-corrected chi connectivity index (χ3v) is 14.0. The number of nitrogens with one attached hydrogen (secondary N) is 2. The van der Waals surface area contributed by atoms with E-state index in [9.17, 15) is 53.6 Å². The Morgan fingerprint density at radius 2 is 1.59 bits per heavy atom. The van der Waals surface area contributed by atoms with Gasteiger partial charge >= 0.3 is 11.1 Å². The summed E-state index contributed by atoms with van der Waals surface area (Å²) in [6, 6.07) is 24.4. The molecule has 8 rings (SSSR count). The van der Waals surface area contributed by atoms with Gasteiger partial charge in [0.2, 0.25) is 17.2 Å². The molecule has 2 aliphatic carbocycles. The second kappa shape index (κ2) is 19.2. The fourth-order valence-corrected chi connectivity index (χ4v) is 9.87. The van der Waals surface area contributed by atoms with Crippen molar-refractivity contribution >= 4 is 99.7 Å². The molecule has 1 aliphatic heterocycles. The first-order valence-electron chi connectivity index (χ1n) is 20.1. The van der Waals surface area contributed by atoms with Gasteiger partial charge in [-0.1, -0.05) is 28.9 Å². The van der Waals surface area contributed by atoms with E-state index in [1.165, 1.54) is 79.9 Å². The second-order valence-corrected chi connectivity index (χ2v) is 21.0. The molecule has 0 atom stereocenters. The van der Waals surface area contributed by atoms with Crippen LogP contribution in [0, 0.1) is 0 Å². The predicted molar refractivity (Wildman–Crippen MR) is 253 cm³/mol. The monoisotopic (exact) mass is 1050 g/mol. The first kappa shape index (κ1) is 49.6. The maximum Gasteiger partial charge on any atom is 0.341 e. The Bertz CT molecular complexity index is 3840. The van der Waals surface area contributed by atoms with E-state index in [4.69, 9.17) is 21.3 Å². The third kappa shape index (κ3) is 11.1. The Morgan fingerprint density at radius 3 is 2.27 bits per heavy atom. The standard InChI is InChI=1S/C43H37ClN9O13PS3/c1-3-52(24-25-6-4-9-32(18-25)68(57,58)59)29-12-16-34-37(22-29)53(30-13-17-38(66-2)40(23-30)70(63,64)65)36-20-27(10-14-33(36)48-34)45-35-15-11-28(21-39(35)69(60,61)62)47-43-50-41(44)49-42(51-43)46-26-7-5-8-31(19-26)67(54,55)56/h4-23H,3,24H2,1-2H3,(H7,46,47,48,49,50,51,54,55,56,57,58,59,60,61,62,63,64,65)/p-4. The molecular weight excluding hydrogens is 1010 g/mol. The van der Waals surface area contributed by atoms with E-state index < -0.39 is 57.9 Å². The molecule has 3 N–H and O–H groups in total. The van der Waals surface area contributed by atoms with E-state index >= 15 is 0 Å². The van der Waals surface area contributed by atoms with Crippen LogP contribution in [-0.4, -0.2) is 88.0 Å². The quantitative estimate of drug-likeness (QED) is 0.0489. The minimum Gasteiger partial charge on any atom is -0.807 e. The largest absolute Gasteiger partial charge is 0.807 e. The lowest BCUT2D eigenvalue weighted by Crippen LogP contribution is -2.27. The van der Waals surface area contributed by atoms with Crippen molar-refractivity contribution in [2.45, 2.75) is 23.3 Å². The van der Waals surface area contributed by atoms with Gasteiger partial charge < -0.3 is 52.8 Å². The fraction of sp³-hybridized carbons (Fsp3) is 0.0930. The summed E-state index contributed by atoms with van der Waals surface area (Å²) in [4.78, 5) is 40.2. The highest BCUT2D eigenvalue weighted by Crippen LogP contribution is 2.34. The van der Waals surface area contributed by atoms with Crippen molar-refractivity contribution in [1.29, 1.82) is 0 Å². The highest BCUT2D eigenvalue weighted by atomic mass is 35.5. The lowest BCUT2D eigenvalue weighted by molar-refractivity contribution is -0.308. The molecule has 0 unspecified atom stereocenters. The van der Waals surface area contributed by atoms with E-state index in [0.29, 0.717) is 34.5 Å². The average Bonchev–Trinajstić information content (AvgIpc) is 3.29. The number of allylic oxidation sites excluding steroid dienone is 3. The summed E-state index contributed by atoms with van der Waals surface area (Å²) >= 11 is 6.12. The van der Waals surface area contributed by atoms with Crippen LogP contribution in [-0.2, 0) is 41.4 Å². The van der Waals surface area contributed by atoms with Crippen LogP contribution < -0.4 is 45.4 Å². The maximum atomic E-state index is 12.8. The number of nitrogens with zero attached hydrogens (tertiary/aromatic N) is 7. The molecule has 0 amide bonds. The highest BCUT2D eigenvalue weighted by Gasteiger charge is 2.24. The SMILES string of the molecule is CCN(Cc1cccc(S(=O)(=O)[O-])c1)c1ccc2nc3ccc(=[N+]=C4C=CC(Nc5nc(Cl)nc(Nc6cccc(P(=O)([O-])[O-])c6)n5)=CC4=S(=O)([O-])[O-])cc-3n(-c3ccc(OC)c(S(=O)(=O)O)c3)c2c1. The molecule has 3 aliphatic rings.